The molecule has 2 aromatic carbocycles. The monoisotopic (exact) mass is 376 g/mol. The smallest absolute Gasteiger partial charge is 0.263 e. The van der Waals surface area contributed by atoms with E-state index in [0.29, 0.717) is 10.7 Å². The van der Waals surface area contributed by atoms with Gasteiger partial charge in [-0.3, -0.25) is 9.59 Å². The zero-order valence-electron chi connectivity index (χ0n) is 13.4. The van der Waals surface area contributed by atoms with Crippen molar-refractivity contribution in [3.05, 3.63) is 58.6 Å². The lowest BCUT2D eigenvalue weighted by molar-refractivity contribution is -0.121. The molecule has 0 radical (unpaired) electrons. The van der Waals surface area contributed by atoms with Gasteiger partial charge < -0.3 is 0 Å². The Bertz CT molecular complexity index is 981. The molecular formula is C17H11ClF2N4O2. The van der Waals surface area contributed by atoms with Crippen molar-refractivity contribution in [2.75, 3.05) is 9.91 Å². The Hall–Kier alpha value is -2.87. The number of rotatable bonds is 2. The number of carbonyl (C=O) groups excluding carboxylic acids is 2. The van der Waals surface area contributed by atoms with Crippen LogP contribution in [-0.4, -0.2) is 23.9 Å². The number of imide groups is 1. The van der Waals surface area contributed by atoms with Crippen LogP contribution in [0.1, 0.15) is 5.56 Å². The highest BCUT2D eigenvalue weighted by Gasteiger charge is 2.55. The highest BCUT2D eigenvalue weighted by Crippen LogP contribution is 2.36. The number of nitrogens with zero attached hydrogens (tertiary/aromatic N) is 4. The van der Waals surface area contributed by atoms with Crippen molar-refractivity contribution in [2.24, 2.45) is 10.3 Å². The Morgan fingerprint density at radius 3 is 2.42 bits per heavy atom. The molecule has 26 heavy (non-hydrogen) atoms. The van der Waals surface area contributed by atoms with Crippen molar-refractivity contribution in [2.45, 2.75) is 19.0 Å². The Morgan fingerprint density at radius 2 is 1.73 bits per heavy atom. The first-order valence-corrected chi connectivity index (χ1v) is 8.05. The van der Waals surface area contributed by atoms with Gasteiger partial charge in [0.1, 0.15) is 0 Å². The zero-order valence-corrected chi connectivity index (χ0v) is 14.1. The summed E-state index contributed by atoms with van der Waals surface area (Å²) in [5.41, 5.74) is 1.30. The number of hydrogen-bond acceptors (Lipinski definition) is 5. The van der Waals surface area contributed by atoms with Gasteiger partial charge in [0.05, 0.1) is 11.4 Å². The topological polar surface area (TPSA) is 65.3 Å². The van der Waals surface area contributed by atoms with Crippen LogP contribution < -0.4 is 9.91 Å². The van der Waals surface area contributed by atoms with Gasteiger partial charge in [0, 0.05) is 11.1 Å². The summed E-state index contributed by atoms with van der Waals surface area (Å²) in [5, 5.41) is 9.60. The Kier molecular flexibility index (Phi) is 3.73. The lowest BCUT2D eigenvalue weighted by Gasteiger charge is -2.21. The zero-order chi connectivity index (χ0) is 18.6. The predicted molar refractivity (Wildman–Crippen MR) is 90.0 cm³/mol. The van der Waals surface area contributed by atoms with E-state index >= 15 is 0 Å². The summed E-state index contributed by atoms with van der Waals surface area (Å²) < 4.78 is 26.7. The fraction of sp³-hybridized carbons (Fsp3) is 0.176. The predicted octanol–water partition coefficient (Wildman–Crippen LogP) is 3.42. The molecular weight excluding hydrogens is 366 g/mol. The van der Waals surface area contributed by atoms with Crippen molar-refractivity contribution < 1.29 is 18.4 Å². The molecule has 132 valence electrons. The molecule has 2 aliphatic heterocycles. The first kappa shape index (κ1) is 16.6. The SMILES string of the molecule is Cc1ccc(N2N=N[C@H]3C(=O)N(c4ccc(F)c(F)c4)C(=O)[C@H]32)cc1Cl. The third kappa shape index (κ3) is 2.37. The maximum absolute atomic E-state index is 13.5. The van der Waals surface area contributed by atoms with Crippen molar-refractivity contribution in [1.82, 2.24) is 0 Å². The molecule has 1 saturated heterocycles. The number of carbonyl (C=O) groups is 2. The van der Waals surface area contributed by atoms with Gasteiger partial charge in [0.25, 0.3) is 11.8 Å². The van der Waals surface area contributed by atoms with Gasteiger partial charge in [-0.2, -0.15) is 5.11 Å². The van der Waals surface area contributed by atoms with Gasteiger partial charge in [-0.1, -0.05) is 22.9 Å². The maximum atomic E-state index is 13.5. The molecule has 0 aromatic heterocycles. The van der Waals surface area contributed by atoms with Crippen molar-refractivity contribution >= 4 is 34.8 Å². The molecule has 0 bridgehead atoms. The number of aryl methyl sites for hydroxylation is 1. The molecule has 0 N–H and O–H groups in total. The lowest BCUT2D eigenvalue weighted by atomic mass is 10.1. The third-order valence-corrected chi connectivity index (χ3v) is 4.77. The van der Waals surface area contributed by atoms with Crippen LogP contribution in [0.25, 0.3) is 0 Å². The Labute approximate surface area is 151 Å². The van der Waals surface area contributed by atoms with Crippen LogP contribution in [-0.2, 0) is 9.59 Å². The molecule has 0 spiro atoms. The quantitative estimate of drug-likeness (QED) is 0.754. The summed E-state index contributed by atoms with van der Waals surface area (Å²) in [6.07, 6.45) is 0. The Morgan fingerprint density at radius 1 is 1.00 bits per heavy atom. The Balaban J connectivity index is 1.71. The average Bonchev–Trinajstić information content (AvgIpc) is 3.14. The molecule has 6 nitrogen and oxygen atoms in total. The van der Waals surface area contributed by atoms with E-state index < -0.39 is 35.5 Å². The van der Waals surface area contributed by atoms with Gasteiger partial charge in [0.15, 0.2) is 23.7 Å². The lowest BCUT2D eigenvalue weighted by Crippen LogP contribution is -2.40. The van der Waals surface area contributed by atoms with Gasteiger partial charge in [0.2, 0.25) is 0 Å². The van der Waals surface area contributed by atoms with E-state index in [1.54, 1.807) is 18.2 Å². The standard InChI is InChI=1S/C17H11ClF2N4O2/c1-8-2-3-10(6-11(8)18)24-15-14(21-22-24)16(25)23(17(15)26)9-4-5-12(19)13(20)7-9/h2-7,14-15H,1H3/t14-,15+/m1/s1. The van der Waals surface area contributed by atoms with Crippen LogP contribution in [0.15, 0.2) is 46.7 Å². The number of halogens is 3. The summed E-state index contributed by atoms with van der Waals surface area (Å²) in [5.74, 6) is -3.48. The van der Waals surface area contributed by atoms with E-state index in [9.17, 15) is 18.4 Å². The molecule has 0 unspecified atom stereocenters. The normalized spacial score (nSPS) is 21.7. The van der Waals surface area contributed by atoms with Gasteiger partial charge in [-0.15, -0.1) is 0 Å². The van der Waals surface area contributed by atoms with E-state index in [0.717, 1.165) is 22.6 Å². The highest BCUT2D eigenvalue weighted by molar-refractivity contribution is 6.31. The van der Waals surface area contributed by atoms with E-state index in [1.807, 2.05) is 6.92 Å². The van der Waals surface area contributed by atoms with E-state index in [2.05, 4.69) is 10.3 Å². The van der Waals surface area contributed by atoms with E-state index in [1.165, 1.54) is 11.1 Å². The number of benzene rings is 2. The van der Waals surface area contributed by atoms with Crippen LogP contribution in [0.3, 0.4) is 0 Å². The number of hydrogen-bond donors (Lipinski definition) is 0. The number of amides is 2. The summed E-state index contributed by atoms with van der Waals surface area (Å²) in [6, 6.07) is 5.88. The molecule has 2 atom stereocenters. The van der Waals surface area contributed by atoms with E-state index in [4.69, 9.17) is 11.6 Å². The van der Waals surface area contributed by atoms with Gasteiger partial charge in [-0.25, -0.2) is 18.7 Å². The first-order chi connectivity index (χ1) is 12.4. The van der Waals surface area contributed by atoms with Crippen LogP contribution in [0.5, 0.6) is 0 Å². The van der Waals surface area contributed by atoms with Crippen molar-refractivity contribution in [3.63, 3.8) is 0 Å². The van der Waals surface area contributed by atoms with Crippen molar-refractivity contribution in [1.29, 1.82) is 0 Å². The fourth-order valence-electron chi connectivity index (χ4n) is 2.98. The van der Waals surface area contributed by atoms with Crippen molar-refractivity contribution in [3.8, 4) is 0 Å². The van der Waals surface area contributed by atoms with Crippen LogP contribution in [0.4, 0.5) is 20.2 Å². The molecule has 2 aromatic rings. The largest absolute Gasteiger partial charge is 0.271 e. The second kappa shape index (κ2) is 5.84. The second-order valence-corrected chi connectivity index (χ2v) is 6.39. The van der Waals surface area contributed by atoms with Gasteiger partial charge in [-0.05, 0) is 36.8 Å². The number of anilines is 2. The van der Waals surface area contributed by atoms with E-state index in [-0.39, 0.29) is 5.69 Å². The minimum atomic E-state index is -1.15. The summed E-state index contributed by atoms with van der Waals surface area (Å²) >= 11 is 6.12. The average molecular weight is 377 g/mol. The molecule has 0 aliphatic carbocycles. The fourth-order valence-corrected chi connectivity index (χ4v) is 3.15. The van der Waals surface area contributed by atoms with Crippen LogP contribution >= 0.6 is 11.6 Å². The summed E-state index contributed by atoms with van der Waals surface area (Å²) in [7, 11) is 0. The molecule has 2 amide bonds. The molecule has 0 saturated carbocycles. The third-order valence-electron chi connectivity index (χ3n) is 4.36. The minimum Gasteiger partial charge on any atom is -0.271 e. The molecule has 2 heterocycles. The van der Waals surface area contributed by atoms with Crippen LogP contribution in [0, 0.1) is 18.6 Å². The second-order valence-electron chi connectivity index (χ2n) is 5.98. The molecule has 4 rings (SSSR count). The number of fused-ring (bicyclic) bond motifs is 1. The summed E-state index contributed by atoms with van der Waals surface area (Å²) in [6.45, 7) is 1.83. The highest BCUT2D eigenvalue weighted by atomic mass is 35.5. The van der Waals surface area contributed by atoms with Gasteiger partial charge >= 0.3 is 0 Å². The minimum absolute atomic E-state index is 0.0506. The molecule has 1 fully saturated rings. The maximum Gasteiger partial charge on any atom is 0.263 e. The molecule has 9 heteroatoms. The van der Waals surface area contributed by atoms with Crippen LogP contribution in [0.2, 0.25) is 5.02 Å². The summed E-state index contributed by atoms with van der Waals surface area (Å²) in [4.78, 5) is 26.2. The first-order valence-electron chi connectivity index (χ1n) is 7.67. The molecule has 2 aliphatic rings.